The van der Waals surface area contributed by atoms with Gasteiger partial charge >= 0.3 is 0 Å². The Bertz CT molecular complexity index is 2000. The average Bonchev–Trinajstić information content (AvgIpc) is 4.00. The van der Waals surface area contributed by atoms with Gasteiger partial charge in [0.05, 0.1) is 16.8 Å². The van der Waals surface area contributed by atoms with Crippen molar-refractivity contribution in [2.45, 2.75) is 32.6 Å². The maximum atomic E-state index is 13.3. The fraction of sp³-hybridized carbons (Fsp3) is 0.302. The molecule has 10 nitrogen and oxygen atoms in total. The van der Waals surface area contributed by atoms with Gasteiger partial charge in [0.25, 0.3) is 11.8 Å². The molecule has 0 radical (unpaired) electrons. The minimum absolute atomic E-state index is 0.0753. The Balaban J connectivity index is 0.000000167. The number of rotatable bonds is 12. The molecule has 4 aliphatic rings. The molecule has 0 unspecified atom stereocenters. The monoisotopic (exact) mass is 730 g/mol. The molecule has 4 N–H and O–H groups in total. The van der Waals surface area contributed by atoms with E-state index < -0.39 is 0 Å². The number of hydrogen-bond donors (Lipinski definition) is 4. The molecule has 4 aromatic carbocycles. The molecule has 11 heteroatoms. The van der Waals surface area contributed by atoms with E-state index in [1.807, 2.05) is 73.7 Å². The highest BCUT2D eigenvalue weighted by atomic mass is 19.1. The highest BCUT2D eigenvalue weighted by Gasteiger charge is 2.26. The van der Waals surface area contributed by atoms with Crippen LogP contribution in [0.2, 0.25) is 0 Å². The molecule has 2 amide bonds. The van der Waals surface area contributed by atoms with Gasteiger partial charge in [0.2, 0.25) is 0 Å². The maximum absolute atomic E-state index is 13.3. The van der Waals surface area contributed by atoms with E-state index in [0.717, 1.165) is 52.8 Å². The molecule has 0 aliphatic carbocycles. The number of ether oxygens (including phenoxy) is 2. The number of amides is 2. The largest absolute Gasteiger partial charge is 0.492 e. The minimum atomic E-state index is -0.372. The van der Waals surface area contributed by atoms with E-state index in [1.54, 1.807) is 18.5 Å². The SMILES string of the molecule is Cc1cccc2c1/C(=C\Nc1ccc(OCCN3CCCC3)cc1)C(=O)N2.O=C1Nc2cc(F)ccc2/C1=C\Nc1ccc(OCCN2CCCC2)cc1. The topological polar surface area (TPSA) is 107 Å². The Morgan fingerprint density at radius 3 is 1.76 bits per heavy atom. The molecule has 0 atom stereocenters. The predicted octanol–water partition coefficient (Wildman–Crippen LogP) is 7.58. The minimum Gasteiger partial charge on any atom is -0.492 e. The van der Waals surface area contributed by atoms with Crippen molar-refractivity contribution >= 4 is 45.7 Å². The summed E-state index contributed by atoms with van der Waals surface area (Å²) in [5, 5.41) is 11.9. The normalized spacial score (nSPS) is 17.8. The second kappa shape index (κ2) is 17.5. The van der Waals surface area contributed by atoms with Crippen LogP contribution >= 0.6 is 0 Å². The van der Waals surface area contributed by atoms with Crippen LogP contribution in [-0.2, 0) is 9.59 Å². The maximum Gasteiger partial charge on any atom is 0.257 e. The number of nitrogens with zero attached hydrogens (tertiary/aromatic N) is 2. The van der Waals surface area contributed by atoms with E-state index in [4.69, 9.17) is 9.47 Å². The summed E-state index contributed by atoms with van der Waals surface area (Å²) < 4.78 is 24.9. The van der Waals surface area contributed by atoms with E-state index in [2.05, 4.69) is 31.1 Å². The molecule has 8 rings (SSSR count). The summed E-state index contributed by atoms with van der Waals surface area (Å²) in [6.07, 6.45) is 8.59. The molecule has 0 bridgehead atoms. The van der Waals surface area contributed by atoms with E-state index in [9.17, 15) is 14.0 Å². The molecule has 0 spiro atoms. The number of hydrogen-bond acceptors (Lipinski definition) is 8. The summed E-state index contributed by atoms with van der Waals surface area (Å²) in [7, 11) is 0. The third-order valence-corrected chi connectivity index (χ3v) is 10.0. The number of likely N-dealkylation sites (tertiary alicyclic amines) is 2. The second-order valence-electron chi connectivity index (χ2n) is 13.8. The Morgan fingerprint density at radius 1 is 0.667 bits per heavy atom. The van der Waals surface area contributed by atoms with E-state index in [0.29, 0.717) is 35.6 Å². The lowest BCUT2D eigenvalue weighted by atomic mass is 10.0. The quantitative estimate of drug-likeness (QED) is 0.111. The Kier molecular flexibility index (Phi) is 11.9. The van der Waals surface area contributed by atoms with Gasteiger partial charge in [-0.2, -0.15) is 0 Å². The smallest absolute Gasteiger partial charge is 0.257 e. The fourth-order valence-electron chi connectivity index (χ4n) is 7.08. The molecule has 2 saturated heterocycles. The van der Waals surface area contributed by atoms with Crippen molar-refractivity contribution in [3.8, 4) is 11.5 Å². The summed E-state index contributed by atoms with van der Waals surface area (Å²) in [6.45, 7) is 10.1. The van der Waals surface area contributed by atoms with Crippen LogP contribution in [0.15, 0.2) is 97.3 Å². The number of fused-ring (bicyclic) bond motifs is 2. The molecule has 280 valence electrons. The van der Waals surface area contributed by atoms with Gasteiger partial charge in [0, 0.05) is 53.7 Å². The van der Waals surface area contributed by atoms with Crippen molar-refractivity contribution < 1.29 is 23.5 Å². The molecular weight excluding hydrogens is 684 g/mol. The lowest BCUT2D eigenvalue weighted by molar-refractivity contribution is -0.111. The number of carbonyl (C=O) groups is 2. The number of benzene rings is 4. The third kappa shape index (κ3) is 9.28. The standard InChI is InChI=1S/C22H25N3O2.C21H22FN3O2/c1-16-5-4-6-20-21(16)19(22(26)24-20)15-23-17-7-9-18(10-8-17)27-14-13-25-11-2-3-12-25;22-15-3-8-18-19(21(26)24-20(18)13-15)14-23-16-4-6-17(7-5-16)27-12-11-25-9-1-2-10-25/h4-10,15,23H,2-3,11-14H2,1H3,(H,24,26);3-8,13-14,23H,1-2,9-12H2,(H,24,26)/b19-15+;19-14+. The van der Waals surface area contributed by atoms with Gasteiger partial charge in [0.1, 0.15) is 30.5 Å². The van der Waals surface area contributed by atoms with Gasteiger partial charge < -0.3 is 30.7 Å². The zero-order chi connectivity index (χ0) is 37.3. The lowest BCUT2D eigenvalue weighted by Gasteiger charge is -2.15. The molecule has 4 aromatic rings. The first-order chi connectivity index (χ1) is 26.4. The molecule has 0 saturated carbocycles. The van der Waals surface area contributed by atoms with Crippen molar-refractivity contribution in [2.24, 2.45) is 0 Å². The van der Waals surface area contributed by atoms with Crippen LogP contribution < -0.4 is 30.7 Å². The number of nitrogens with one attached hydrogen (secondary N) is 4. The first kappa shape index (κ1) is 36.7. The van der Waals surface area contributed by atoms with Gasteiger partial charge in [0.15, 0.2) is 0 Å². The highest BCUT2D eigenvalue weighted by molar-refractivity contribution is 6.32. The zero-order valence-corrected chi connectivity index (χ0v) is 30.6. The Labute approximate surface area is 316 Å². The van der Waals surface area contributed by atoms with Crippen molar-refractivity contribution in [1.82, 2.24) is 9.80 Å². The van der Waals surface area contributed by atoms with Crippen LogP contribution in [0.1, 0.15) is 42.4 Å². The number of anilines is 4. The molecule has 0 aromatic heterocycles. The van der Waals surface area contributed by atoms with E-state index in [1.165, 1.54) is 64.0 Å². The van der Waals surface area contributed by atoms with Crippen LogP contribution in [-0.4, -0.2) is 74.1 Å². The van der Waals surface area contributed by atoms with Crippen molar-refractivity contribution in [1.29, 1.82) is 0 Å². The van der Waals surface area contributed by atoms with Crippen molar-refractivity contribution in [3.63, 3.8) is 0 Å². The first-order valence-corrected chi connectivity index (χ1v) is 18.8. The van der Waals surface area contributed by atoms with Gasteiger partial charge in [-0.15, -0.1) is 0 Å². The number of halogens is 1. The van der Waals surface area contributed by atoms with Crippen LogP contribution in [0.25, 0.3) is 11.1 Å². The fourth-order valence-corrected chi connectivity index (χ4v) is 7.08. The summed E-state index contributed by atoms with van der Waals surface area (Å²) in [5.74, 6) is 1.00. The number of carbonyl (C=O) groups excluding carboxylic acids is 2. The summed E-state index contributed by atoms with van der Waals surface area (Å²) >= 11 is 0. The average molecular weight is 731 g/mol. The number of aryl methyl sites for hydroxylation is 1. The van der Waals surface area contributed by atoms with Gasteiger partial charge in [-0.05, 0) is 137 Å². The van der Waals surface area contributed by atoms with Crippen LogP contribution in [0.5, 0.6) is 11.5 Å². The van der Waals surface area contributed by atoms with Crippen LogP contribution in [0.4, 0.5) is 27.1 Å². The summed E-state index contributed by atoms with van der Waals surface area (Å²) in [5.41, 5.74) is 7.02. The third-order valence-electron chi connectivity index (χ3n) is 10.0. The van der Waals surface area contributed by atoms with Gasteiger partial charge in [-0.1, -0.05) is 12.1 Å². The Morgan fingerprint density at radius 2 is 1.19 bits per heavy atom. The molecule has 4 aliphatic heterocycles. The van der Waals surface area contributed by atoms with Gasteiger partial charge in [-0.25, -0.2) is 4.39 Å². The molecular formula is C43H47FN6O4. The van der Waals surface area contributed by atoms with Crippen LogP contribution in [0.3, 0.4) is 0 Å². The van der Waals surface area contributed by atoms with Crippen molar-refractivity contribution in [2.75, 3.05) is 73.7 Å². The van der Waals surface area contributed by atoms with E-state index >= 15 is 0 Å². The molecule has 54 heavy (non-hydrogen) atoms. The Hall–Kier alpha value is -5.65. The summed E-state index contributed by atoms with van der Waals surface area (Å²) in [4.78, 5) is 29.2. The molecule has 2 fully saturated rings. The zero-order valence-electron chi connectivity index (χ0n) is 30.6. The summed E-state index contributed by atoms with van der Waals surface area (Å²) in [6, 6.07) is 25.6. The first-order valence-electron chi connectivity index (χ1n) is 18.8. The highest BCUT2D eigenvalue weighted by Crippen LogP contribution is 2.34. The van der Waals surface area contributed by atoms with Crippen molar-refractivity contribution in [3.05, 3.63) is 120 Å². The second-order valence-corrected chi connectivity index (χ2v) is 13.8. The van der Waals surface area contributed by atoms with Gasteiger partial charge in [-0.3, -0.25) is 19.4 Å². The van der Waals surface area contributed by atoms with E-state index in [-0.39, 0.29) is 17.6 Å². The predicted molar refractivity (Wildman–Crippen MR) is 213 cm³/mol. The van der Waals surface area contributed by atoms with Crippen LogP contribution in [0, 0.1) is 12.7 Å². The lowest BCUT2D eigenvalue weighted by Crippen LogP contribution is -2.25. The molecule has 4 heterocycles.